The molecule has 0 aliphatic heterocycles. The predicted octanol–water partition coefficient (Wildman–Crippen LogP) is 7.20. The summed E-state index contributed by atoms with van der Waals surface area (Å²) in [5, 5.41) is 7.44. The zero-order valence-electron chi connectivity index (χ0n) is 17.1. The highest BCUT2D eigenvalue weighted by atomic mass is 32.1. The molecule has 0 spiro atoms. The fraction of sp³-hybridized carbons (Fsp3) is 0.417. The molecule has 0 aliphatic rings. The maximum Gasteiger partial charge on any atom is 0.200 e. The Morgan fingerprint density at radius 1 is 0.893 bits per heavy atom. The van der Waals surface area contributed by atoms with Crippen molar-refractivity contribution in [1.82, 2.24) is 14.8 Å². The topological polar surface area (TPSA) is 33.6 Å². The number of aryl methyl sites for hydroxylation is 2. The van der Waals surface area contributed by atoms with Crippen molar-refractivity contribution in [2.45, 2.75) is 65.2 Å². The summed E-state index contributed by atoms with van der Waals surface area (Å²) in [5.41, 5.74) is 4.74. The van der Waals surface area contributed by atoms with E-state index in [0.717, 1.165) is 23.5 Å². The Morgan fingerprint density at radius 2 is 1.57 bits per heavy atom. The van der Waals surface area contributed by atoms with Crippen molar-refractivity contribution in [3.05, 3.63) is 64.4 Å². The van der Waals surface area contributed by atoms with Crippen molar-refractivity contribution in [2.75, 3.05) is 0 Å². The lowest BCUT2D eigenvalue weighted by atomic mass is 10.0. The van der Waals surface area contributed by atoms with Gasteiger partial charge in [-0.2, -0.15) is 5.10 Å². The van der Waals surface area contributed by atoms with Crippen LogP contribution in [0, 0.1) is 11.7 Å². The van der Waals surface area contributed by atoms with E-state index in [-0.39, 0.29) is 0 Å². The first kappa shape index (κ1) is 20.5. The van der Waals surface area contributed by atoms with E-state index in [9.17, 15) is 0 Å². The van der Waals surface area contributed by atoms with Crippen LogP contribution in [0.1, 0.15) is 63.0 Å². The summed E-state index contributed by atoms with van der Waals surface area (Å²) in [6.07, 6.45) is 10.6. The van der Waals surface area contributed by atoms with Crippen molar-refractivity contribution in [2.24, 2.45) is 0 Å². The SMILES string of the molecule is CCCCCCCCCc1ccc(-n2c(-c3ccccc3C)n[nH]c2=S)cc1. The molecule has 0 radical (unpaired) electrons. The average molecular weight is 394 g/mol. The molecule has 3 rings (SSSR count). The van der Waals surface area contributed by atoms with E-state index >= 15 is 0 Å². The van der Waals surface area contributed by atoms with Gasteiger partial charge in [0.25, 0.3) is 0 Å². The largest absolute Gasteiger partial charge is 0.268 e. The smallest absolute Gasteiger partial charge is 0.200 e. The minimum Gasteiger partial charge on any atom is -0.268 e. The van der Waals surface area contributed by atoms with Gasteiger partial charge in [-0.05, 0) is 55.2 Å². The number of aromatic nitrogens is 3. The Kier molecular flexibility index (Phi) is 7.61. The Balaban J connectivity index is 1.65. The molecule has 0 amide bonds. The Labute approximate surface area is 173 Å². The minimum absolute atomic E-state index is 0.623. The number of rotatable bonds is 10. The molecule has 3 aromatic rings. The third-order valence-corrected chi connectivity index (χ3v) is 5.60. The van der Waals surface area contributed by atoms with Crippen LogP contribution in [-0.4, -0.2) is 14.8 Å². The third-order valence-electron chi connectivity index (χ3n) is 5.32. The number of H-pyrrole nitrogens is 1. The number of benzene rings is 2. The van der Waals surface area contributed by atoms with Crippen molar-refractivity contribution in [1.29, 1.82) is 0 Å². The van der Waals surface area contributed by atoms with Gasteiger partial charge in [0.2, 0.25) is 0 Å². The molecule has 0 aliphatic carbocycles. The third kappa shape index (κ3) is 5.20. The lowest BCUT2D eigenvalue weighted by molar-refractivity contribution is 0.589. The maximum atomic E-state index is 5.51. The van der Waals surface area contributed by atoms with E-state index < -0.39 is 0 Å². The van der Waals surface area contributed by atoms with Gasteiger partial charge < -0.3 is 0 Å². The zero-order valence-corrected chi connectivity index (χ0v) is 17.9. The molecule has 1 heterocycles. The van der Waals surface area contributed by atoms with E-state index in [1.54, 1.807) is 0 Å². The molecule has 4 heteroatoms. The molecule has 0 atom stereocenters. The highest BCUT2D eigenvalue weighted by molar-refractivity contribution is 7.71. The number of aromatic amines is 1. The molecule has 0 saturated heterocycles. The fourth-order valence-corrected chi connectivity index (χ4v) is 3.88. The molecule has 0 bridgehead atoms. The summed E-state index contributed by atoms with van der Waals surface area (Å²) in [7, 11) is 0. The fourth-order valence-electron chi connectivity index (χ4n) is 3.64. The van der Waals surface area contributed by atoms with E-state index in [2.05, 4.69) is 60.4 Å². The first-order chi connectivity index (χ1) is 13.7. The van der Waals surface area contributed by atoms with Crippen LogP contribution < -0.4 is 0 Å². The highest BCUT2D eigenvalue weighted by Gasteiger charge is 2.12. The molecule has 1 N–H and O–H groups in total. The predicted molar refractivity (Wildman–Crippen MR) is 121 cm³/mol. The van der Waals surface area contributed by atoms with E-state index in [4.69, 9.17) is 12.2 Å². The first-order valence-corrected chi connectivity index (χ1v) is 10.9. The molecule has 2 aromatic carbocycles. The van der Waals surface area contributed by atoms with Crippen LogP contribution >= 0.6 is 12.2 Å². The second-order valence-electron chi connectivity index (χ2n) is 7.54. The van der Waals surface area contributed by atoms with Crippen LogP contribution in [0.5, 0.6) is 0 Å². The van der Waals surface area contributed by atoms with Gasteiger partial charge in [0, 0.05) is 11.3 Å². The standard InChI is InChI=1S/C24H31N3S/c1-3-4-5-6-7-8-9-13-20-15-17-21(18-16-20)27-23(25-26-24(27)28)22-14-11-10-12-19(22)2/h10-12,14-18H,3-9,13H2,1-2H3,(H,26,28). The van der Waals surface area contributed by atoms with E-state index in [1.807, 2.05) is 16.7 Å². The molecule has 148 valence electrons. The number of nitrogens with zero attached hydrogens (tertiary/aromatic N) is 2. The molecule has 0 saturated carbocycles. The number of hydrogen-bond donors (Lipinski definition) is 1. The molecule has 1 aromatic heterocycles. The number of unbranched alkanes of at least 4 members (excludes halogenated alkanes) is 6. The normalized spacial score (nSPS) is 11.1. The average Bonchev–Trinajstić information content (AvgIpc) is 3.09. The lowest BCUT2D eigenvalue weighted by Crippen LogP contribution is -1.99. The Morgan fingerprint density at radius 3 is 2.29 bits per heavy atom. The Bertz CT molecular complexity index is 922. The van der Waals surface area contributed by atoms with Crippen molar-refractivity contribution in [3.8, 4) is 17.1 Å². The molecular formula is C24H31N3S. The van der Waals surface area contributed by atoms with Crippen LogP contribution in [0.3, 0.4) is 0 Å². The quantitative estimate of drug-likeness (QED) is 0.292. The summed E-state index contributed by atoms with van der Waals surface area (Å²) in [4.78, 5) is 0. The van der Waals surface area contributed by atoms with Gasteiger partial charge in [-0.25, -0.2) is 0 Å². The highest BCUT2D eigenvalue weighted by Crippen LogP contribution is 2.24. The summed E-state index contributed by atoms with van der Waals surface area (Å²) in [5.74, 6) is 0.864. The number of hydrogen-bond acceptors (Lipinski definition) is 2. The van der Waals surface area contributed by atoms with Crippen molar-refractivity contribution < 1.29 is 0 Å². The molecule has 28 heavy (non-hydrogen) atoms. The van der Waals surface area contributed by atoms with Crippen LogP contribution in [0.2, 0.25) is 0 Å². The van der Waals surface area contributed by atoms with E-state index in [0.29, 0.717) is 4.77 Å². The van der Waals surface area contributed by atoms with Crippen LogP contribution in [0.15, 0.2) is 48.5 Å². The summed E-state index contributed by atoms with van der Waals surface area (Å²) < 4.78 is 2.65. The summed E-state index contributed by atoms with van der Waals surface area (Å²) >= 11 is 5.51. The van der Waals surface area contributed by atoms with Gasteiger partial charge in [-0.3, -0.25) is 9.67 Å². The lowest BCUT2D eigenvalue weighted by Gasteiger charge is -2.10. The van der Waals surface area contributed by atoms with Gasteiger partial charge in [-0.15, -0.1) is 0 Å². The number of nitrogens with one attached hydrogen (secondary N) is 1. The second kappa shape index (κ2) is 10.4. The van der Waals surface area contributed by atoms with Crippen molar-refractivity contribution in [3.63, 3.8) is 0 Å². The summed E-state index contributed by atoms with van der Waals surface area (Å²) in [6, 6.07) is 17.0. The first-order valence-electron chi connectivity index (χ1n) is 10.5. The van der Waals surface area contributed by atoms with Gasteiger partial charge in [-0.1, -0.05) is 81.8 Å². The van der Waals surface area contributed by atoms with E-state index in [1.165, 1.54) is 56.1 Å². The minimum atomic E-state index is 0.623. The van der Waals surface area contributed by atoms with Gasteiger partial charge in [0.15, 0.2) is 10.6 Å². The summed E-state index contributed by atoms with van der Waals surface area (Å²) in [6.45, 7) is 4.37. The van der Waals surface area contributed by atoms with Gasteiger partial charge in [0.1, 0.15) is 0 Å². The van der Waals surface area contributed by atoms with Gasteiger partial charge in [0.05, 0.1) is 0 Å². The van der Waals surface area contributed by atoms with Crippen LogP contribution in [0.25, 0.3) is 17.1 Å². The van der Waals surface area contributed by atoms with Crippen LogP contribution in [0.4, 0.5) is 0 Å². The molecule has 0 unspecified atom stereocenters. The molecule has 3 nitrogen and oxygen atoms in total. The molecule has 0 fully saturated rings. The molecular weight excluding hydrogens is 362 g/mol. The maximum absolute atomic E-state index is 5.51. The Hall–Kier alpha value is -2.20. The van der Waals surface area contributed by atoms with Crippen LogP contribution in [-0.2, 0) is 6.42 Å². The second-order valence-corrected chi connectivity index (χ2v) is 7.93. The monoisotopic (exact) mass is 393 g/mol. The van der Waals surface area contributed by atoms with Gasteiger partial charge >= 0.3 is 0 Å². The van der Waals surface area contributed by atoms with Crippen molar-refractivity contribution >= 4 is 12.2 Å². The zero-order chi connectivity index (χ0) is 19.8.